The van der Waals surface area contributed by atoms with Gasteiger partial charge in [0.05, 0.1) is 0 Å². The fourth-order valence-corrected chi connectivity index (χ4v) is 3.84. The fraction of sp³-hybridized carbons (Fsp3) is 0.348. The molecule has 3 heterocycles. The largest absolute Gasteiger partial charge is 0.483 e. The first-order valence-electron chi connectivity index (χ1n) is 10.1. The van der Waals surface area contributed by atoms with Crippen LogP contribution in [-0.4, -0.2) is 50.1 Å². The summed E-state index contributed by atoms with van der Waals surface area (Å²) in [6.45, 7) is 2.95. The summed E-state index contributed by atoms with van der Waals surface area (Å²) in [5, 5.41) is 17.5. The smallest absolute Gasteiger partial charge is 0.290 e. The molecule has 164 valence electrons. The number of benzene rings is 1. The van der Waals surface area contributed by atoms with Crippen LogP contribution in [0.1, 0.15) is 40.9 Å². The van der Waals surface area contributed by atoms with Crippen LogP contribution in [0.5, 0.6) is 0 Å². The number of aliphatic hydroxyl groups excluding tert-OH is 1. The Hall–Kier alpha value is -3.39. The van der Waals surface area contributed by atoms with Gasteiger partial charge in [0, 0.05) is 43.7 Å². The summed E-state index contributed by atoms with van der Waals surface area (Å²) in [5.74, 6) is 2.52. The van der Waals surface area contributed by atoms with Crippen LogP contribution in [0, 0.1) is 12.8 Å². The van der Waals surface area contributed by atoms with E-state index in [4.69, 9.17) is 14.3 Å². The van der Waals surface area contributed by atoms with Crippen LogP contribution < -0.4 is 0 Å². The number of hydrogen-bond donors (Lipinski definition) is 2. The molecule has 0 aliphatic carbocycles. The van der Waals surface area contributed by atoms with Crippen LogP contribution in [0.3, 0.4) is 0 Å². The van der Waals surface area contributed by atoms with Gasteiger partial charge >= 0.3 is 0 Å². The number of aryl methyl sites for hydroxylation is 2. The quantitative estimate of drug-likeness (QED) is 0.621. The second kappa shape index (κ2) is 10.1. The maximum Gasteiger partial charge on any atom is 0.290 e. The van der Waals surface area contributed by atoms with E-state index < -0.39 is 6.10 Å². The SMILES string of the molecule is Cc1ccc(-c2ccc(C(=O)N3CCC(C(O)c4nccn4C)CC3)cc2)o1.O=CO. The molecule has 8 nitrogen and oxygen atoms in total. The molecule has 1 saturated heterocycles. The number of carboxylic acid groups (broad SMARTS) is 1. The van der Waals surface area contributed by atoms with E-state index >= 15 is 0 Å². The van der Waals surface area contributed by atoms with Crippen LogP contribution in [0.4, 0.5) is 0 Å². The molecule has 2 aromatic heterocycles. The summed E-state index contributed by atoms with van der Waals surface area (Å²) >= 11 is 0. The molecule has 3 aromatic rings. The molecule has 1 aliphatic heterocycles. The zero-order chi connectivity index (χ0) is 22.4. The lowest BCUT2D eigenvalue weighted by Gasteiger charge is -2.34. The van der Waals surface area contributed by atoms with Crippen molar-refractivity contribution in [1.29, 1.82) is 0 Å². The Morgan fingerprint density at radius 3 is 2.35 bits per heavy atom. The molecule has 0 bridgehead atoms. The van der Waals surface area contributed by atoms with Gasteiger partial charge in [-0.05, 0) is 49.9 Å². The number of amides is 1. The predicted molar refractivity (Wildman–Crippen MR) is 114 cm³/mol. The normalized spacial score (nSPS) is 15.1. The molecule has 4 rings (SSSR count). The second-order valence-electron chi connectivity index (χ2n) is 7.56. The van der Waals surface area contributed by atoms with Crippen molar-refractivity contribution in [3.63, 3.8) is 0 Å². The molecule has 1 amide bonds. The van der Waals surface area contributed by atoms with Gasteiger partial charge in [-0.1, -0.05) is 12.1 Å². The highest BCUT2D eigenvalue weighted by Gasteiger charge is 2.30. The molecule has 1 aromatic carbocycles. The van der Waals surface area contributed by atoms with E-state index in [0.29, 0.717) is 24.5 Å². The summed E-state index contributed by atoms with van der Waals surface area (Å²) in [7, 11) is 1.89. The Bertz CT molecular complexity index is 1000. The van der Waals surface area contributed by atoms with Gasteiger partial charge in [0.1, 0.15) is 23.4 Å². The van der Waals surface area contributed by atoms with E-state index in [2.05, 4.69) is 4.98 Å². The molecular formula is C23H27N3O5. The monoisotopic (exact) mass is 425 g/mol. The first-order valence-corrected chi connectivity index (χ1v) is 10.1. The van der Waals surface area contributed by atoms with E-state index in [1.807, 2.05) is 66.0 Å². The first-order chi connectivity index (χ1) is 14.9. The lowest BCUT2D eigenvalue weighted by molar-refractivity contribution is -0.122. The van der Waals surface area contributed by atoms with Crippen LogP contribution in [-0.2, 0) is 11.8 Å². The van der Waals surface area contributed by atoms with Gasteiger partial charge in [0.25, 0.3) is 12.4 Å². The summed E-state index contributed by atoms with van der Waals surface area (Å²) in [6.07, 6.45) is 4.48. The third-order valence-electron chi connectivity index (χ3n) is 5.55. The Labute approximate surface area is 180 Å². The van der Waals surface area contributed by atoms with Crippen LogP contribution in [0.25, 0.3) is 11.3 Å². The highest BCUT2D eigenvalue weighted by atomic mass is 16.3. The minimum Gasteiger partial charge on any atom is -0.483 e. The molecule has 0 spiro atoms. The summed E-state index contributed by atoms with van der Waals surface area (Å²) in [5.41, 5.74) is 1.64. The molecule has 1 fully saturated rings. The van der Waals surface area contributed by atoms with Crippen molar-refractivity contribution in [2.45, 2.75) is 25.9 Å². The molecule has 0 radical (unpaired) electrons. The van der Waals surface area contributed by atoms with Crippen molar-refractivity contribution >= 4 is 12.4 Å². The zero-order valence-corrected chi connectivity index (χ0v) is 17.6. The number of hydrogen-bond acceptors (Lipinski definition) is 5. The van der Waals surface area contributed by atoms with Crippen molar-refractivity contribution < 1.29 is 24.2 Å². The number of nitrogens with zero attached hydrogens (tertiary/aromatic N) is 3. The number of furan rings is 1. The molecule has 1 aliphatic rings. The van der Waals surface area contributed by atoms with Gasteiger partial charge in [-0.2, -0.15) is 0 Å². The zero-order valence-electron chi connectivity index (χ0n) is 17.6. The molecule has 1 unspecified atom stereocenters. The van der Waals surface area contributed by atoms with Crippen molar-refractivity contribution in [3.05, 3.63) is 65.9 Å². The Balaban J connectivity index is 0.000000858. The minimum absolute atomic E-state index is 0.0344. The van der Waals surface area contributed by atoms with E-state index in [9.17, 15) is 9.90 Å². The van der Waals surface area contributed by atoms with Gasteiger partial charge in [0.2, 0.25) is 0 Å². The standard InChI is InChI=1S/C22H25N3O3.CH2O2/c1-15-3-8-19(28-15)16-4-6-18(7-5-16)22(27)25-12-9-17(10-13-25)20(26)21-23-11-14-24(21)2;2-1-3/h3-8,11,14,17,20,26H,9-10,12-13H2,1-2H3;1H,(H,2,3). The molecule has 31 heavy (non-hydrogen) atoms. The molecule has 1 atom stereocenters. The van der Waals surface area contributed by atoms with Gasteiger partial charge in [-0.15, -0.1) is 0 Å². The minimum atomic E-state index is -0.590. The van der Waals surface area contributed by atoms with Crippen LogP contribution >= 0.6 is 0 Å². The summed E-state index contributed by atoms with van der Waals surface area (Å²) in [6, 6.07) is 11.4. The molecule has 0 saturated carbocycles. The van der Waals surface area contributed by atoms with Gasteiger partial charge in [-0.25, -0.2) is 4.98 Å². The molecular weight excluding hydrogens is 398 g/mol. The Kier molecular flexibility index (Phi) is 7.25. The first kappa shape index (κ1) is 22.3. The van der Waals surface area contributed by atoms with Crippen molar-refractivity contribution in [3.8, 4) is 11.3 Å². The lowest BCUT2D eigenvalue weighted by Crippen LogP contribution is -2.40. The fourth-order valence-electron chi connectivity index (χ4n) is 3.84. The highest BCUT2D eigenvalue weighted by molar-refractivity contribution is 5.94. The number of carbonyl (C=O) groups is 2. The van der Waals surface area contributed by atoms with Crippen LogP contribution in [0.2, 0.25) is 0 Å². The van der Waals surface area contributed by atoms with Crippen molar-refractivity contribution in [2.24, 2.45) is 13.0 Å². The highest BCUT2D eigenvalue weighted by Crippen LogP contribution is 2.30. The Morgan fingerprint density at radius 1 is 1.19 bits per heavy atom. The Morgan fingerprint density at radius 2 is 1.84 bits per heavy atom. The third kappa shape index (κ3) is 5.21. The maximum absolute atomic E-state index is 12.8. The average molecular weight is 425 g/mol. The van der Waals surface area contributed by atoms with E-state index in [0.717, 1.165) is 29.9 Å². The van der Waals surface area contributed by atoms with Crippen molar-refractivity contribution in [2.75, 3.05) is 13.1 Å². The van der Waals surface area contributed by atoms with Crippen molar-refractivity contribution in [1.82, 2.24) is 14.5 Å². The topological polar surface area (TPSA) is 109 Å². The number of rotatable bonds is 4. The van der Waals surface area contributed by atoms with E-state index in [1.165, 1.54) is 0 Å². The van der Waals surface area contributed by atoms with Crippen LogP contribution in [0.15, 0.2) is 53.2 Å². The van der Waals surface area contributed by atoms with E-state index in [-0.39, 0.29) is 18.3 Å². The summed E-state index contributed by atoms with van der Waals surface area (Å²) in [4.78, 5) is 27.3. The lowest BCUT2D eigenvalue weighted by atomic mass is 9.90. The number of aromatic nitrogens is 2. The number of piperidine rings is 1. The number of aliphatic hydroxyl groups is 1. The number of carbonyl (C=O) groups excluding carboxylic acids is 1. The second-order valence-corrected chi connectivity index (χ2v) is 7.56. The predicted octanol–water partition coefficient (Wildman–Crippen LogP) is 3.28. The molecule has 8 heteroatoms. The van der Waals surface area contributed by atoms with Gasteiger partial charge in [-0.3, -0.25) is 9.59 Å². The maximum atomic E-state index is 12.8. The number of likely N-dealkylation sites (tertiary alicyclic amines) is 1. The average Bonchev–Trinajstić information content (AvgIpc) is 3.42. The van der Waals surface area contributed by atoms with E-state index in [1.54, 1.807) is 6.20 Å². The summed E-state index contributed by atoms with van der Waals surface area (Å²) < 4.78 is 7.49. The van der Waals surface area contributed by atoms with Gasteiger partial charge in [0.15, 0.2) is 0 Å². The third-order valence-corrected chi connectivity index (χ3v) is 5.55. The van der Waals surface area contributed by atoms with Gasteiger partial charge < -0.3 is 24.1 Å². The molecule has 2 N–H and O–H groups in total. The number of imidazole rings is 1.